The molecule has 0 radical (unpaired) electrons. The van der Waals surface area contributed by atoms with Crippen molar-refractivity contribution in [2.24, 2.45) is 5.41 Å². The van der Waals surface area contributed by atoms with Crippen LogP contribution in [0.25, 0.3) is 0 Å². The van der Waals surface area contributed by atoms with Gasteiger partial charge in [-0.15, -0.1) is 0 Å². The number of rotatable bonds is 8. The fourth-order valence-electron chi connectivity index (χ4n) is 2.37. The van der Waals surface area contributed by atoms with Crippen molar-refractivity contribution >= 4 is 5.97 Å². The van der Waals surface area contributed by atoms with Crippen LogP contribution in [0.1, 0.15) is 53.4 Å². The number of carbonyl (C=O) groups is 1. The van der Waals surface area contributed by atoms with E-state index in [2.05, 4.69) is 6.92 Å². The summed E-state index contributed by atoms with van der Waals surface area (Å²) >= 11 is 0. The van der Waals surface area contributed by atoms with Gasteiger partial charge in [0.05, 0.1) is 0 Å². The Kier molecular flexibility index (Phi) is 5.61. The van der Waals surface area contributed by atoms with E-state index in [9.17, 15) is 9.90 Å². The van der Waals surface area contributed by atoms with Crippen molar-refractivity contribution in [2.75, 3.05) is 0 Å². The van der Waals surface area contributed by atoms with E-state index in [1.165, 1.54) is 0 Å². The molecule has 112 valence electrons. The van der Waals surface area contributed by atoms with Gasteiger partial charge in [0.15, 0.2) is 0 Å². The molecule has 0 amide bonds. The van der Waals surface area contributed by atoms with Gasteiger partial charge in [-0.2, -0.15) is 0 Å². The number of ether oxygens (including phenoxy) is 1. The Morgan fingerprint density at radius 3 is 2.25 bits per heavy atom. The molecule has 0 aromatic heterocycles. The van der Waals surface area contributed by atoms with E-state index in [0.717, 1.165) is 19.3 Å². The van der Waals surface area contributed by atoms with Crippen molar-refractivity contribution in [3.63, 3.8) is 0 Å². The van der Waals surface area contributed by atoms with E-state index in [-0.39, 0.29) is 0 Å². The zero-order chi connectivity index (χ0) is 15.2. The summed E-state index contributed by atoms with van der Waals surface area (Å²) < 4.78 is 6.02. The first kappa shape index (κ1) is 16.5. The average molecular weight is 278 g/mol. The summed E-state index contributed by atoms with van der Waals surface area (Å²) in [5, 5.41) is 9.85. The van der Waals surface area contributed by atoms with Crippen molar-refractivity contribution < 1.29 is 14.6 Å². The predicted molar refractivity (Wildman–Crippen MR) is 81.0 cm³/mol. The summed E-state index contributed by atoms with van der Waals surface area (Å²) in [6.07, 6.45) is 3.06. The molecule has 1 aromatic rings. The first-order valence-electron chi connectivity index (χ1n) is 7.37. The number of unbranched alkanes of at least 4 members (excludes halogenated alkanes) is 1. The minimum absolute atomic E-state index is 0.441. The fourth-order valence-corrected chi connectivity index (χ4v) is 2.37. The van der Waals surface area contributed by atoms with Gasteiger partial charge in [-0.25, -0.2) is 4.79 Å². The highest BCUT2D eigenvalue weighted by atomic mass is 16.5. The SMILES string of the molecule is CCCCC(Oc1ccccc1)(C(=O)O)C(C)(C)CC. The second-order valence-corrected chi connectivity index (χ2v) is 5.89. The van der Waals surface area contributed by atoms with Crippen LogP contribution in [0.4, 0.5) is 0 Å². The van der Waals surface area contributed by atoms with Gasteiger partial charge in [0, 0.05) is 5.41 Å². The Morgan fingerprint density at radius 2 is 1.80 bits per heavy atom. The first-order valence-corrected chi connectivity index (χ1v) is 7.37. The number of carboxylic acid groups (broad SMARTS) is 1. The second-order valence-electron chi connectivity index (χ2n) is 5.89. The number of carboxylic acids is 1. The van der Waals surface area contributed by atoms with Gasteiger partial charge in [0.25, 0.3) is 0 Å². The molecule has 1 aromatic carbocycles. The van der Waals surface area contributed by atoms with Crippen LogP contribution in [0, 0.1) is 5.41 Å². The van der Waals surface area contributed by atoms with Gasteiger partial charge in [-0.1, -0.05) is 52.3 Å². The standard InChI is InChI=1S/C17H26O3/c1-5-7-13-17(15(18)19,16(3,4)6-2)20-14-11-9-8-10-12-14/h8-12H,5-7,13H2,1-4H3,(H,18,19). The van der Waals surface area contributed by atoms with Gasteiger partial charge >= 0.3 is 5.97 Å². The van der Waals surface area contributed by atoms with E-state index < -0.39 is 17.0 Å². The minimum Gasteiger partial charge on any atom is -0.478 e. The lowest BCUT2D eigenvalue weighted by atomic mass is 9.70. The first-order chi connectivity index (χ1) is 9.39. The van der Waals surface area contributed by atoms with Crippen LogP contribution in [0.3, 0.4) is 0 Å². The van der Waals surface area contributed by atoms with Gasteiger partial charge in [0.2, 0.25) is 5.60 Å². The molecule has 20 heavy (non-hydrogen) atoms. The van der Waals surface area contributed by atoms with E-state index in [1.807, 2.05) is 51.1 Å². The number of benzene rings is 1. The normalized spacial score (nSPS) is 14.6. The van der Waals surface area contributed by atoms with Crippen LogP contribution in [0.2, 0.25) is 0 Å². The molecule has 0 aliphatic heterocycles. The van der Waals surface area contributed by atoms with E-state index in [4.69, 9.17) is 4.74 Å². The maximum absolute atomic E-state index is 12.0. The third-order valence-electron chi connectivity index (χ3n) is 4.24. The molecule has 0 saturated carbocycles. The van der Waals surface area contributed by atoms with Crippen molar-refractivity contribution in [1.82, 2.24) is 0 Å². The summed E-state index contributed by atoms with van der Waals surface area (Å²) in [6, 6.07) is 9.25. The van der Waals surface area contributed by atoms with E-state index >= 15 is 0 Å². The lowest BCUT2D eigenvalue weighted by Gasteiger charge is -2.43. The highest BCUT2D eigenvalue weighted by molar-refractivity contribution is 5.79. The largest absolute Gasteiger partial charge is 0.478 e. The molecule has 1 rings (SSSR count). The van der Waals surface area contributed by atoms with Crippen LogP contribution < -0.4 is 4.74 Å². The maximum atomic E-state index is 12.0. The highest BCUT2D eigenvalue weighted by Crippen LogP contribution is 2.42. The van der Waals surface area contributed by atoms with E-state index in [1.54, 1.807) is 0 Å². The van der Waals surface area contributed by atoms with E-state index in [0.29, 0.717) is 12.2 Å². The third kappa shape index (κ3) is 3.33. The zero-order valence-electron chi connectivity index (χ0n) is 13.0. The van der Waals surface area contributed by atoms with Crippen molar-refractivity contribution in [2.45, 2.75) is 59.0 Å². The molecule has 3 heteroatoms. The molecule has 0 bridgehead atoms. The Labute approximate surface area is 122 Å². The Morgan fingerprint density at radius 1 is 1.20 bits per heavy atom. The maximum Gasteiger partial charge on any atom is 0.348 e. The monoisotopic (exact) mass is 278 g/mol. The lowest BCUT2D eigenvalue weighted by Crippen LogP contribution is -2.55. The molecule has 1 unspecified atom stereocenters. The minimum atomic E-state index is -1.18. The third-order valence-corrected chi connectivity index (χ3v) is 4.24. The molecule has 1 atom stereocenters. The topological polar surface area (TPSA) is 46.5 Å². The fraction of sp³-hybridized carbons (Fsp3) is 0.588. The molecule has 3 nitrogen and oxygen atoms in total. The summed E-state index contributed by atoms with van der Waals surface area (Å²) in [7, 11) is 0. The second kappa shape index (κ2) is 6.78. The number of hydrogen-bond acceptors (Lipinski definition) is 2. The Bertz CT molecular complexity index is 425. The summed E-state index contributed by atoms with van der Waals surface area (Å²) in [4.78, 5) is 12.0. The van der Waals surface area contributed by atoms with Crippen molar-refractivity contribution in [3.05, 3.63) is 30.3 Å². The molecular formula is C17H26O3. The van der Waals surface area contributed by atoms with Crippen LogP contribution in [0.5, 0.6) is 5.75 Å². The van der Waals surface area contributed by atoms with Crippen molar-refractivity contribution in [3.8, 4) is 5.75 Å². The van der Waals surface area contributed by atoms with Gasteiger partial charge in [-0.3, -0.25) is 0 Å². The summed E-state index contributed by atoms with van der Waals surface area (Å²) in [5.41, 5.74) is -1.62. The molecule has 0 fully saturated rings. The van der Waals surface area contributed by atoms with Crippen LogP contribution >= 0.6 is 0 Å². The summed E-state index contributed by atoms with van der Waals surface area (Å²) in [5.74, 6) is -0.255. The molecule has 1 N–H and O–H groups in total. The van der Waals surface area contributed by atoms with Crippen LogP contribution in [-0.2, 0) is 4.79 Å². The predicted octanol–water partition coefficient (Wildman–Crippen LogP) is 4.52. The Balaban J connectivity index is 3.19. The number of aliphatic carboxylic acids is 1. The lowest BCUT2D eigenvalue weighted by molar-refractivity contribution is -0.169. The van der Waals surface area contributed by atoms with Gasteiger partial charge in [-0.05, 0) is 31.4 Å². The quantitative estimate of drug-likeness (QED) is 0.760. The zero-order valence-corrected chi connectivity index (χ0v) is 13.0. The van der Waals surface area contributed by atoms with Crippen LogP contribution in [-0.4, -0.2) is 16.7 Å². The highest BCUT2D eigenvalue weighted by Gasteiger charge is 2.52. The Hall–Kier alpha value is -1.51. The summed E-state index contributed by atoms with van der Waals surface area (Å²) in [6.45, 7) is 8.02. The average Bonchev–Trinajstić information content (AvgIpc) is 2.44. The van der Waals surface area contributed by atoms with Gasteiger partial charge < -0.3 is 9.84 Å². The molecule has 0 spiro atoms. The number of hydrogen-bond donors (Lipinski definition) is 1. The van der Waals surface area contributed by atoms with Gasteiger partial charge in [0.1, 0.15) is 5.75 Å². The smallest absolute Gasteiger partial charge is 0.348 e. The molecule has 0 aliphatic carbocycles. The molecular weight excluding hydrogens is 252 g/mol. The molecule has 0 heterocycles. The molecule has 0 saturated heterocycles. The molecule has 0 aliphatic rings. The van der Waals surface area contributed by atoms with Crippen LogP contribution in [0.15, 0.2) is 30.3 Å². The van der Waals surface area contributed by atoms with Crippen molar-refractivity contribution in [1.29, 1.82) is 0 Å². The number of para-hydroxylation sites is 1.